The van der Waals surface area contributed by atoms with E-state index in [1.54, 1.807) is 43.6 Å². The van der Waals surface area contributed by atoms with Gasteiger partial charge in [0.1, 0.15) is 5.75 Å². The largest absolute Gasteiger partial charge is 0.484 e. The Morgan fingerprint density at radius 1 is 1.16 bits per heavy atom. The zero-order chi connectivity index (χ0) is 18.3. The summed E-state index contributed by atoms with van der Waals surface area (Å²) in [6.07, 6.45) is -1.10. The highest BCUT2D eigenvalue weighted by Crippen LogP contribution is 2.21. The van der Waals surface area contributed by atoms with E-state index in [-0.39, 0.29) is 17.8 Å². The van der Waals surface area contributed by atoms with Crippen molar-refractivity contribution in [2.45, 2.75) is 25.7 Å². The summed E-state index contributed by atoms with van der Waals surface area (Å²) in [7, 11) is 0. The van der Waals surface area contributed by atoms with Crippen LogP contribution in [0.25, 0.3) is 0 Å². The second-order valence-electron chi connectivity index (χ2n) is 5.38. The maximum atomic E-state index is 12.1. The maximum Gasteiger partial charge on any atom is 0.422 e. The number of rotatable bonds is 6. The zero-order valence-electron chi connectivity index (χ0n) is 13.5. The Morgan fingerprint density at radius 2 is 1.80 bits per heavy atom. The van der Waals surface area contributed by atoms with Crippen molar-refractivity contribution >= 4 is 6.03 Å². The molecule has 8 heteroatoms. The number of hydrogen-bond acceptors (Lipinski definition) is 3. The number of nitrogens with zero attached hydrogens (tertiary/aromatic N) is 1. The van der Waals surface area contributed by atoms with Crippen LogP contribution in [-0.2, 0) is 6.54 Å². The first-order chi connectivity index (χ1) is 11.8. The molecule has 1 aromatic carbocycles. The van der Waals surface area contributed by atoms with Gasteiger partial charge < -0.3 is 15.4 Å². The molecule has 0 saturated carbocycles. The van der Waals surface area contributed by atoms with Gasteiger partial charge in [0.15, 0.2) is 6.61 Å². The number of hydrogen-bond donors (Lipinski definition) is 2. The van der Waals surface area contributed by atoms with Crippen molar-refractivity contribution < 1.29 is 22.7 Å². The van der Waals surface area contributed by atoms with Crippen LogP contribution in [0.5, 0.6) is 5.75 Å². The molecule has 1 heterocycles. The Morgan fingerprint density at radius 3 is 2.40 bits per heavy atom. The SMILES string of the molecule is CC(NC(=O)NCc1ccncc1)c1ccc(OCC(F)(F)F)cc1. The molecule has 0 fully saturated rings. The van der Waals surface area contributed by atoms with E-state index in [9.17, 15) is 18.0 Å². The quantitative estimate of drug-likeness (QED) is 0.834. The molecule has 0 aliphatic heterocycles. The number of alkyl halides is 3. The number of amides is 2. The highest BCUT2D eigenvalue weighted by Gasteiger charge is 2.28. The van der Waals surface area contributed by atoms with Crippen LogP contribution in [0, 0.1) is 0 Å². The van der Waals surface area contributed by atoms with Crippen LogP contribution >= 0.6 is 0 Å². The molecule has 0 aliphatic rings. The average molecular weight is 353 g/mol. The minimum absolute atomic E-state index is 0.121. The molecule has 0 aliphatic carbocycles. The van der Waals surface area contributed by atoms with Crippen molar-refractivity contribution in [3.63, 3.8) is 0 Å². The number of ether oxygens (including phenoxy) is 1. The third-order valence-electron chi connectivity index (χ3n) is 3.33. The number of urea groups is 1. The Bertz CT molecular complexity index is 676. The van der Waals surface area contributed by atoms with Gasteiger partial charge in [-0.05, 0) is 42.3 Å². The lowest BCUT2D eigenvalue weighted by atomic mass is 10.1. The average Bonchev–Trinajstić information content (AvgIpc) is 2.59. The molecule has 2 rings (SSSR count). The summed E-state index contributed by atoms with van der Waals surface area (Å²) < 4.78 is 41.0. The minimum atomic E-state index is -4.37. The van der Waals surface area contributed by atoms with Crippen molar-refractivity contribution in [2.24, 2.45) is 0 Å². The van der Waals surface area contributed by atoms with Crippen LogP contribution in [0.15, 0.2) is 48.8 Å². The van der Waals surface area contributed by atoms with Gasteiger partial charge in [-0.3, -0.25) is 4.98 Å². The summed E-state index contributed by atoms with van der Waals surface area (Å²) in [6, 6.07) is 9.03. The number of carbonyl (C=O) groups excluding carboxylic acids is 1. The molecule has 134 valence electrons. The van der Waals surface area contributed by atoms with E-state index in [0.717, 1.165) is 11.1 Å². The molecular formula is C17H18F3N3O2. The predicted octanol–water partition coefficient (Wildman–Crippen LogP) is 3.58. The molecule has 1 atom stereocenters. The minimum Gasteiger partial charge on any atom is -0.484 e. The van der Waals surface area contributed by atoms with E-state index in [1.165, 1.54) is 12.1 Å². The van der Waals surface area contributed by atoms with E-state index in [1.807, 2.05) is 0 Å². The van der Waals surface area contributed by atoms with Gasteiger partial charge in [0.05, 0.1) is 6.04 Å². The van der Waals surface area contributed by atoms with Gasteiger partial charge in [-0.2, -0.15) is 13.2 Å². The molecule has 0 radical (unpaired) electrons. The van der Waals surface area contributed by atoms with Crippen molar-refractivity contribution in [3.05, 3.63) is 59.9 Å². The highest BCUT2D eigenvalue weighted by atomic mass is 19.4. The maximum absolute atomic E-state index is 12.1. The van der Waals surface area contributed by atoms with E-state index in [0.29, 0.717) is 6.54 Å². The van der Waals surface area contributed by atoms with Gasteiger partial charge in [-0.25, -0.2) is 4.79 Å². The topological polar surface area (TPSA) is 63.2 Å². The third kappa shape index (κ3) is 6.70. The second kappa shape index (κ2) is 8.36. The van der Waals surface area contributed by atoms with Crippen molar-refractivity contribution in [1.29, 1.82) is 0 Å². The van der Waals surface area contributed by atoms with E-state index in [4.69, 9.17) is 0 Å². The first-order valence-corrected chi connectivity index (χ1v) is 7.56. The lowest BCUT2D eigenvalue weighted by molar-refractivity contribution is -0.153. The molecule has 5 nitrogen and oxygen atoms in total. The monoisotopic (exact) mass is 353 g/mol. The lowest BCUT2D eigenvalue weighted by Crippen LogP contribution is -2.36. The summed E-state index contributed by atoms with van der Waals surface area (Å²) in [4.78, 5) is 15.8. The summed E-state index contributed by atoms with van der Waals surface area (Å²) in [5.41, 5.74) is 1.67. The first-order valence-electron chi connectivity index (χ1n) is 7.56. The second-order valence-corrected chi connectivity index (χ2v) is 5.38. The molecule has 0 saturated heterocycles. The Balaban J connectivity index is 1.81. The summed E-state index contributed by atoms with van der Waals surface area (Å²) >= 11 is 0. The van der Waals surface area contributed by atoms with Crippen LogP contribution in [0.2, 0.25) is 0 Å². The number of halogens is 3. The van der Waals surface area contributed by atoms with Gasteiger partial charge in [0.2, 0.25) is 0 Å². The summed E-state index contributed by atoms with van der Waals surface area (Å²) in [5, 5.41) is 5.48. The van der Waals surface area contributed by atoms with E-state index >= 15 is 0 Å². The van der Waals surface area contributed by atoms with Crippen LogP contribution < -0.4 is 15.4 Å². The first kappa shape index (κ1) is 18.6. The van der Waals surface area contributed by atoms with Crippen molar-refractivity contribution in [2.75, 3.05) is 6.61 Å². The molecule has 2 N–H and O–H groups in total. The fourth-order valence-electron chi connectivity index (χ4n) is 2.03. The normalized spacial score (nSPS) is 12.3. The molecule has 2 amide bonds. The van der Waals surface area contributed by atoms with Crippen molar-refractivity contribution in [3.8, 4) is 5.75 Å². The van der Waals surface area contributed by atoms with Crippen LogP contribution in [-0.4, -0.2) is 23.8 Å². The highest BCUT2D eigenvalue weighted by molar-refractivity contribution is 5.74. The smallest absolute Gasteiger partial charge is 0.422 e. The number of pyridine rings is 1. The molecule has 2 aromatic rings. The third-order valence-corrected chi connectivity index (χ3v) is 3.33. The molecule has 25 heavy (non-hydrogen) atoms. The number of carbonyl (C=O) groups is 1. The van der Waals surface area contributed by atoms with Crippen LogP contribution in [0.4, 0.5) is 18.0 Å². The van der Waals surface area contributed by atoms with Crippen LogP contribution in [0.1, 0.15) is 24.1 Å². The molecule has 0 bridgehead atoms. The fourth-order valence-corrected chi connectivity index (χ4v) is 2.03. The molecule has 1 unspecified atom stereocenters. The standard InChI is InChI=1S/C17H18F3N3O2/c1-12(23-16(24)22-10-13-6-8-21-9-7-13)14-2-4-15(5-3-14)25-11-17(18,19)20/h2-9,12H,10-11H2,1H3,(H2,22,23,24). The molecule has 0 spiro atoms. The van der Waals surface area contributed by atoms with Gasteiger partial charge in [-0.15, -0.1) is 0 Å². The van der Waals surface area contributed by atoms with Crippen molar-refractivity contribution in [1.82, 2.24) is 15.6 Å². The van der Waals surface area contributed by atoms with Crippen LogP contribution in [0.3, 0.4) is 0 Å². The Hall–Kier alpha value is -2.77. The van der Waals surface area contributed by atoms with Gasteiger partial charge in [0, 0.05) is 18.9 Å². The fraction of sp³-hybridized carbons (Fsp3) is 0.294. The lowest BCUT2D eigenvalue weighted by Gasteiger charge is -2.16. The molecular weight excluding hydrogens is 335 g/mol. The van der Waals surface area contributed by atoms with Gasteiger partial charge in [0.25, 0.3) is 0 Å². The number of aromatic nitrogens is 1. The van der Waals surface area contributed by atoms with E-state index < -0.39 is 12.8 Å². The summed E-state index contributed by atoms with van der Waals surface area (Å²) in [5.74, 6) is 0.121. The predicted molar refractivity (Wildman–Crippen MR) is 86.0 cm³/mol. The van der Waals surface area contributed by atoms with E-state index in [2.05, 4.69) is 20.4 Å². The van der Waals surface area contributed by atoms with Gasteiger partial charge in [-0.1, -0.05) is 12.1 Å². The Labute approximate surface area is 143 Å². The summed E-state index contributed by atoms with van der Waals surface area (Å²) in [6.45, 7) is 0.806. The van der Waals surface area contributed by atoms with Gasteiger partial charge >= 0.3 is 12.2 Å². The number of benzene rings is 1. The zero-order valence-corrected chi connectivity index (χ0v) is 13.5. The number of nitrogens with one attached hydrogen (secondary N) is 2. The Kier molecular flexibility index (Phi) is 6.21. The molecule has 1 aromatic heterocycles.